The quantitative estimate of drug-likeness (QED) is 0.438. The molecule has 0 bridgehead atoms. The van der Waals surface area contributed by atoms with Crippen LogP contribution in [0, 0.1) is 23.7 Å². The van der Waals surface area contributed by atoms with Crippen LogP contribution < -0.4 is 0 Å². The van der Waals surface area contributed by atoms with Crippen molar-refractivity contribution in [2.24, 2.45) is 11.8 Å². The van der Waals surface area contributed by atoms with Gasteiger partial charge in [0.05, 0.1) is 0 Å². The van der Waals surface area contributed by atoms with Crippen molar-refractivity contribution in [3.05, 3.63) is 0 Å². The zero-order valence-electron chi connectivity index (χ0n) is 9.69. The first-order chi connectivity index (χ1) is 6.22. The molecule has 0 aliphatic heterocycles. The average molecular weight is 180 g/mol. The molecule has 0 saturated heterocycles. The van der Waals surface area contributed by atoms with Crippen molar-refractivity contribution in [3.8, 4) is 11.8 Å². The summed E-state index contributed by atoms with van der Waals surface area (Å²) >= 11 is 0. The Balaban J connectivity index is 3.62. The van der Waals surface area contributed by atoms with E-state index in [9.17, 15) is 0 Å². The summed E-state index contributed by atoms with van der Waals surface area (Å²) < 4.78 is 0. The van der Waals surface area contributed by atoms with Gasteiger partial charge in [-0.3, -0.25) is 0 Å². The largest absolute Gasteiger partial charge is 0.103 e. The standard InChI is InChI=1S/C13H24/c1-5-7-9-11-13(4)12(3)10-8-6-2/h12-13H,5-7,9,11H2,1-4H3. The maximum Gasteiger partial charge on any atom is 0.0200 e. The Kier molecular flexibility index (Phi) is 7.90. The van der Waals surface area contributed by atoms with Crippen molar-refractivity contribution < 1.29 is 0 Å². The molecule has 0 aromatic carbocycles. The van der Waals surface area contributed by atoms with Gasteiger partial charge in [-0.1, -0.05) is 52.9 Å². The molecule has 0 nitrogen and oxygen atoms in total. The van der Waals surface area contributed by atoms with Crippen LogP contribution in [0.1, 0.15) is 59.8 Å². The van der Waals surface area contributed by atoms with E-state index in [0.29, 0.717) is 5.92 Å². The number of unbranched alkanes of at least 4 members (excludes halogenated alkanes) is 2. The second-order valence-electron chi connectivity index (χ2n) is 3.94. The number of hydrogen-bond acceptors (Lipinski definition) is 0. The van der Waals surface area contributed by atoms with Crippen molar-refractivity contribution in [1.82, 2.24) is 0 Å². The monoisotopic (exact) mass is 180 g/mol. The molecule has 0 heteroatoms. The summed E-state index contributed by atoms with van der Waals surface area (Å²) in [6, 6.07) is 0. The molecule has 2 unspecified atom stereocenters. The zero-order chi connectivity index (χ0) is 10.1. The summed E-state index contributed by atoms with van der Waals surface area (Å²) in [7, 11) is 0. The molecule has 0 amide bonds. The van der Waals surface area contributed by atoms with Gasteiger partial charge in [0.2, 0.25) is 0 Å². The summed E-state index contributed by atoms with van der Waals surface area (Å²) in [5, 5.41) is 0. The summed E-state index contributed by atoms with van der Waals surface area (Å²) in [5.41, 5.74) is 0. The van der Waals surface area contributed by atoms with Gasteiger partial charge in [0.1, 0.15) is 0 Å². The summed E-state index contributed by atoms with van der Waals surface area (Å²) in [6.45, 7) is 8.94. The molecule has 0 aliphatic carbocycles. The second-order valence-corrected chi connectivity index (χ2v) is 3.94. The Hall–Kier alpha value is -0.440. The van der Waals surface area contributed by atoms with E-state index in [1.165, 1.54) is 25.7 Å². The normalized spacial score (nSPS) is 14.5. The minimum absolute atomic E-state index is 0.580. The van der Waals surface area contributed by atoms with Gasteiger partial charge in [0, 0.05) is 12.3 Å². The highest BCUT2D eigenvalue weighted by Crippen LogP contribution is 2.17. The SMILES string of the molecule is CCC#CC(C)C(C)CCCCC. The highest BCUT2D eigenvalue weighted by molar-refractivity contribution is 5.02. The van der Waals surface area contributed by atoms with Gasteiger partial charge in [-0.25, -0.2) is 0 Å². The second kappa shape index (κ2) is 8.17. The van der Waals surface area contributed by atoms with Gasteiger partial charge in [-0.05, 0) is 12.3 Å². The molecule has 76 valence electrons. The Morgan fingerprint density at radius 1 is 1.08 bits per heavy atom. The molecular formula is C13H24. The fourth-order valence-corrected chi connectivity index (χ4v) is 1.37. The molecule has 0 aliphatic rings. The Morgan fingerprint density at radius 3 is 2.31 bits per heavy atom. The summed E-state index contributed by atoms with van der Waals surface area (Å²) in [4.78, 5) is 0. The molecule has 0 aromatic heterocycles. The van der Waals surface area contributed by atoms with Crippen LogP contribution in [0.25, 0.3) is 0 Å². The molecule has 13 heavy (non-hydrogen) atoms. The lowest BCUT2D eigenvalue weighted by Gasteiger charge is -2.13. The first kappa shape index (κ1) is 12.6. The van der Waals surface area contributed by atoms with Crippen LogP contribution in [0.2, 0.25) is 0 Å². The first-order valence-corrected chi connectivity index (χ1v) is 5.70. The lowest BCUT2D eigenvalue weighted by atomic mass is 9.91. The molecule has 2 atom stereocenters. The minimum atomic E-state index is 0.580. The fraction of sp³-hybridized carbons (Fsp3) is 0.846. The van der Waals surface area contributed by atoms with E-state index < -0.39 is 0 Å². The van der Waals surface area contributed by atoms with Crippen molar-refractivity contribution in [3.63, 3.8) is 0 Å². The molecule has 0 spiro atoms. The highest BCUT2D eigenvalue weighted by atomic mass is 14.1. The topological polar surface area (TPSA) is 0 Å². The van der Waals surface area contributed by atoms with Crippen LogP contribution in [-0.2, 0) is 0 Å². The Labute approximate surface area is 84.1 Å². The highest BCUT2D eigenvalue weighted by Gasteiger charge is 2.08. The molecule has 0 aromatic rings. The first-order valence-electron chi connectivity index (χ1n) is 5.70. The number of hydrogen-bond donors (Lipinski definition) is 0. The maximum absolute atomic E-state index is 3.31. The Morgan fingerprint density at radius 2 is 1.77 bits per heavy atom. The van der Waals surface area contributed by atoms with Gasteiger partial charge >= 0.3 is 0 Å². The van der Waals surface area contributed by atoms with Crippen LogP contribution in [0.3, 0.4) is 0 Å². The molecule has 0 saturated carbocycles. The predicted molar refractivity (Wildman–Crippen MR) is 60.5 cm³/mol. The third kappa shape index (κ3) is 6.70. The van der Waals surface area contributed by atoms with E-state index >= 15 is 0 Å². The Bertz CT molecular complexity index is 159. The predicted octanol–water partition coefficient (Wildman–Crippen LogP) is 4.25. The van der Waals surface area contributed by atoms with Crippen LogP contribution >= 0.6 is 0 Å². The summed E-state index contributed by atoms with van der Waals surface area (Å²) in [6.07, 6.45) is 6.40. The molecule has 0 heterocycles. The van der Waals surface area contributed by atoms with Crippen LogP contribution in [0.4, 0.5) is 0 Å². The average Bonchev–Trinajstić information content (AvgIpc) is 2.14. The summed E-state index contributed by atoms with van der Waals surface area (Å²) in [5.74, 6) is 7.83. The van der Waals surface area contributed by atoms with E-state index in [-0.39, 0.29) is 0 Å². The lowest BCUT2D eigenvalue weighted by Crippen LogP contribution is -2.05. The van der Waals surface area contributed by atoms with Crippen molar-refractivity contribution >= 4 is 0 Å². The third-order valence-electron chi connectivity index (χ3n) is 2.62. The van der Waals surface area contributed by atoms with E-state index in [4.69, 9.17) is 0 Å². The molecule has 0 N–H and O–H groups in total. The number of rotatable bonds is 5. The van der Waals surface area contributed by atoms with Crippen molar-refractivity contribution in [2.45, 2.75) is 59.8 Å². The fourth-order valence-electron chi connectivity index (χ4n) is 1.37. The van der Waals surface area contributed by atoms with Gasteiger partial charge in [-0.2, -0.15) is 0 Å². The van der Waals surface area contributed by atoms with Gasteiger partial charge < -0.3 is 0 Å². The van der Waals surface area contributed by atoms with Gasteiger partial charge in [-0.15, -0.1) is 5.92 Å². The minimum Gasteiger partial charge on any atom is -0.103 e. The zero-order valence-corrected chi connectivity index (χ0v) is 9.69. The molecular weight excluding hydrogens is 156 g/mol. The van der Waals surface area contributed by atoms with E-state index in [0.717, 1.165) is 12.3 Å². The van der Waals surface area contributed by atoms with E-state index in [2.05, 4.69) is 39.5 Å². The molecule has 0 radical (unpaired) electrons. The lowest BCUT2D eigenvalue weighted by molar-refractivity contribution is 0.418. The molecule has 0 fully saturated rings. The van der Waals surface area contributed by atoms with Crippen molar-refractivity contribution in [2.75, 3.05) is 0 Å². The third-order valence-corrected chi connectivity index (χ3v) is 2.62. The van der Waals surface area contributed by atoms with Crippen LogP contribution in [-0.4, -0.2) is 0 Å². The van der Waals surface area contributed by atoms with Crippen LogP contribution in [0.15, 0.2) is 0 Å². The van der Waals surface area contributed by atoms with Crippen molar-refractivity contribution in [1.29, 1.82) is 0 Å². The molecule has 0 rings (SSSR count). The van der Waals surface area contributed by atoms with Crippen LogP contribution in [0.5, 0.6) is 0 Å². The smallest absolute Gasteiger partial charge is 0.0200 e. The van der Waals surface area contributed by atoms with Gasteiger partial charge in [0.15, 0.2) is 0 Å². The van der Waals surface area contributed by atoms with Gasteiger partial charge in [0.25, 0.3) is 0 Å². The van der Waals surface area contributed by atoms with E-state index in [1.54, 1.807) is 0 Å². The maximum atomic E-state index is 3.31. The van der Waals surface area contributed by atoms with E-state index in [1.807, 2.05) is 0 Å².